The minimum atomic E-state index is -4.47. The average Bonchev–Trinajstić information content (AvgIpc) is 2.86. The van der Waals surface area contributed by atoms with Crippen molar-refractivity contribution in [1.82, 2.24) is 15.6 Å². The van der Waals surface area contributed by atoms with Crippen molar-refractivity contribution in [2.45, 2.75) is 37.5 Å². The van der Waals surface area contributed by atoms with Gasteiger partial charge in [0.1, 0.15) is 17.5 Å². The number of hydrogen-bond donors (Lipinski definition) is 2. The molecule has 2 N–H and O–H groups in total. The number of aryl methyl sites for hydroxylation is 1. The van der Waals surface area contributed by atoms with E-state index in [0.717, 1.165) is 17.2 Å². The fourth-order valence-electron chi connectivity index (χ4n) is 3.81. The Morgan fingerprint density at radius 2 is 1.75 bits per heavy atom. The monoisotopic (exact) mass is 539 g/mol. The normalized spacial score (nSPS) is 13.2. The molecule has 1 aromatic heterocycles. The Labute approximate surface area is 218 Å². The van der Waals surface area contributed by atoms with Crippen molar-refractivity contribution in [3.05, 3.63) is 93.2 Å². The summed E-state index contributed by atoms with van der Waals surface area (Å²) >= 11 is 12.2. The van der Waals surface area contributed by atoms with E-state index in [2.05, 4.69) is 15.6 Å². The molecule has 5 nitrogen and oxygen atoms in total. The number of methoxy groups -OCH3 is 1. The van der Waals surface area contributed by atoms with Crippen LogP contribution in [0.25, 0.3) is 0 Å². The number of nitrogens with zero attached hydrogens (tertiary/aromatic N) is 1. The van der Waals surface area contributed by atoms with Gasteiger partial charge in [-0.05, 0) is 66.3 Å². The number of alkyl halides is 3. The molecule has 0 aliphatic heterocycles. The third-order valence-corrected chi connectivity index (χ3v) is 6.29. The molecule has 0 aliphatic carbocycles. The molecule has 0 saturated carbocycles. The van der Waals surface area contributed by atoms with Gasteiger partial charge in [0.15, 0.2) is 0 Å². The molecule has 192 valence electrons. The number of nitrogens with one attached hydrogen (secondary N) is 2. The summed E-state index contributed by atoms with van der Waals surface area (Å²) in [6, 6.07) is 13.8. The molecular weight excluding hydrogens is 514 g/mol. The third kappa shape index (κ3) is 7.35. The zero-order valence-corrected chi connectivity index (χ0v) is 21.2. The highest BCUT2D eigenvalue weighted by molar-refractivity contribution is 6.32. The van der Waals surface area contributed by atoms with Crippen LogP contribution < -0.4 is 15.4 Å². The Morgan fingerprint density at radius 3 is 2.33 bits per heavy atom. The van der Waals surface area contributed by atoms with Gasteiger partial charge in [0.05, 0.1) is 12.1 Å². The van der Waals surface area contributed by atoms with Gasteiger partial charge in [-0.3, -0.25) is 15.1 Å². The molecule has 0 fully saturated rings. The van der Waals surface area contributed by atoms with Gasteiger partial charge in [0, 0.05) is 24.3 Å². The molecule has 0 radical (unpaired) electrons. The Hall–Kier alpha value is -2.81. The van der Waals surface area contributed by atoms with E-state index in [1.165, 1.54) is 19.4 Å². The van der Waals surface area contributed by atoms with Gasteiger partial charge >= 0.3 is 6.18 Å². The van der Waals surface area contributed by atoms with Crippen LogP contribution in [0, 0.1) is 0 Å². The topological polar surface area (TPSA) is 63.2 Å². The maximum Gasteiger partial charge on any atom is 0.433 e. The molecule has 0 spiro atoms. The van der Waals surface area contributed by atoms with E-state index in [1.807, 2.05) is 12.1 Å². The summed E-state index contributed by atoms with van der Waals surface area (Å²) in [6.45, 7) is 0. The molecule has 3 rings (SSSR count). The summed E-state index contributed by atoms with van der Waals surface area (Å²) in [5.74, 6) is 0.270. The van der Waals surface area contributed by atoms with Crippen LogP contribution in [-0.4, -0.2) is 25.0 Å². The summed E-state index contributed by atoms with van der Waals surface area (Å²) in [5, 5.41) is 7.12. The van der Waals surface area contributed by atoms with Gasteiger partial charge in [0.2, 0.25) is 5.91 Å². The van der Waals surface area contributed by atoms with E-state index < -0.39 is 17.9 Å². The highest BCUT2D eigenvalue weighted by Crippen LogP contribution is 2.32. The molecule has 1 amide bonds. The first-order chi connectivity index (χ1) is 17.1. The number of likely N-dealkylation sites (N-methyl/N-ethyl adjacent to an activating group) is 1. The van der Waals surface area contributed by atoms with Crippen LogP contribution in [0.2, 0.25) is 10.0 Å². The number of halogens is 5. The number of carbonyl (C=O) groups is 1. The largest absolute Gasteiger partial charge is 0.495 e. The van der Waals surface area contributed by atoms with Crippen molar-refractivity contribution in [1.29, 1.82) is 0 Å². The fourth-order valence-corrected chi connectivity index (χ4v) is 4.13. The van der Waals surface area contributed by atoms with E-state index in [9.17, 15) is 18.0 Å². The molecule has 0 unspecified atom stereocenters. The molecule has 1 heterocycles. The minimum Gasteiger partial charge on any atom is -0.495 e. The van der Waals surface area contributed by atoms with Gasteiger partial charge in [-0.1, -0.05) is 47.5 Å². The average molecular weight is 540 g/mol. The van der Waals surface area contributed by atoms with Crippen LogP contribution in [0.3, 0.4) is 0 Å². The summed E-state index contributed by atoms with van der Waals surface area (Å²) in [7, 11) is 3.08. The lowest BCUT2D eigenvalue weighted by Crippen LogP contribution is -2.38. The SMILES string of the molecule is CNC(=O)[C@H](N[C@@H](CCCc1ccc(C(F)(F)F)nc1)c1ccc(Cl)c(OC)c1)c1ccc(Cl)cc1. The van der Waals surface area contributed by atoms with E-state index in [1.54, 1.807) is 37.4 Å². The molecule has 0 bridgehead atoms. The first-order valence-corrected chi connectivity index (χ1v) is 12.0. The van der Waals surface area contributed by atoms with E-state index in [0.29, 0.717) is 40.6 Å². The van der Waals surface area contributed by atoms with Crippen LogP contribution in [-0.2, 0) is 17.4 Å². The molecule has 10 heteroatoms. The number of aromatic nitrogens is 1. The number of rotatable bonds is 10. The van der Waals surface area contributed by atoms with Crippen LogP contribution in [0.15, 0.2) is 60.8 Å². The molecular formula is C26H26Cl2F3N3O2. The van der Waals surface area contributed by atoms with Crippen molar-refractivity contribution in [2.75, 3.05) is 14.2 Å². The second-order valence-electron chi connectivity index (χ2n) is 8.15. The Bertz CT molecular complexity index is 1160. The van der Waals surface area contributed by atoms with Crippen molar-refractivity contribution in [3.8, 4) is 5.75 Å². The summed E-state index contributed by atoms with van der Waals surface area (Å²) < 4.78 is 43.8. The first-order valence-electron chi connectivity index (χ1n) is 11.2. The maximum absolute atomic E-state index is 12.8. The minimum absolute atomic E-state index is 0.227. The second-order valence-corrected chi connectivity index (χ2v) is 9.00. The maximum atomic E-state index is 12.8. The van der Waals surface area contributed by atoms with Crippen LogP contribution in [0.5, 0.6) is 5.75 Å². The predicted molar refractivity (Wildman–Crippen MR) is 134 cm³/mol. The quantitative estimate of drug-likeness (QED) is 0.306. The zero-order valence-electron chi connectivity index (χ0n) is 19.7. The first kappa shape index (κ1) is 27.8. The summed E-state index contributed by atoms with van der Waals surface area (Å²) in [5.41, 5.74) is 1.35. The Kier molecular flexibility index (Phi) is 9.59. The van der Waals surface area contributed by atoms with E-state index in [4.69, 9.17) is 27.9 Å². The highest BCUT2D eigenvalue weighted by Gasteiger charge is 2.32. The van der Waals surface area contributed by atoms with Crippen LogP contribution in [0.1, 0.15) is 47.3 Å². The molecule has 2 atom stereocenters. The number of pyridine rings is 1. The van der Waals surface area contributed by atoms with Gasteiger partial charge in [-0.15, -0.1) is 0 Å². The number of carbonyl (C=O) groups excluding carboxylic acids is 1. The van der Waals surface area contributed by atoms with Crippen molar-refractivity contribution >= 4 is 29.1 Å². The zero-order chi connectivity index (χ0) is 26.3. The lowest BCUT2D eigenvalue weighted by atomic mass is 9.96. The Morgan fingerprint density at radius 1 is 1.06 bits per heavy atom. The molecule has 3 aromatic rings. The van der Waals surface area contributed by atoms with Gasteiger partial charge in [-0.2, -0.15) is 13.2 Å². The molecule has 36 heavy (non-hydrogen) atoms. The van der Waals surface area contributed by atoms with Crippen molar-refractivity contribution < 1.29 is 22.7 Å². The fraction of sp³-hybridized carbons (Fsp3) is 0.308. The third-order valence-electron chi connectivity index (χ3n) is 5.73. The number of benzene rings is 2. The number of amides is 1. The lowest BCUT2D eigenvalue weighted by Gasteiger charge is -2.26. The molecule has 0 saturated heterocycles. The second kappa shape index (κ2) is 12.4. The highest BCUT2D eigenvalue weighted by atomic mass is 35.5. The van der Waals surface area contributed by atoms with Crippen LogP contribution in [0.4, 0.5) is 13.2 Å². The number of ether oxygens (including phenoxy) is 1. The van der Waals surface area contributed by atoms with Gasteiger partial charge in [0.25, 0.3) is 0 Å². The van der Waals surface area contributed by atoms with Gasteiger partial charge in [-0.25, -0.2) is 0 Å². The van der Waals surface area contributed by atoms with Gasteiger partial charge < -0.3 is 10.1 Å². The van der Waals surface area contributed by atoms with E-state index in [-0.39, 0.29) is 11.9 Å². The lowest BCUT2D eigenvalue weighted by molar-refractivity contribution is -0.141. The summed E-state index contributed by atoms with van der Waals surface area (Å²) in [6.07, 6.45) is -1.52. The molecule has 2 aromatic carbocycles. The smallest absolute Gasteiger partial charge is 0.433 e. The number of hydrogen-bond acceptors (Lipinski definition) is 4. The van der Waals surface area contributed by atoms with E-state index >= 15 is 0 Å². The Balaban J connectivity index is 1.83. The standard InChI is InChI=1S/C26H26Cl2F3N3O2/c1-32-25(35)24(17-7-10-19(27)11-8-17)34-21(18-9-12-20(28)22(14-18)36-2)5-3-4-16-6-13-23(33-15-16)26(29,30)31/h6-15,21,24,34H,3-5H2,1-2H3,(H,32,35)/t21-,24+/m0/s1. The predicted octanol–water partition coefficient (Wildman–Crippen LogP) is 6.56. The van der Waals surface area contributed by atoms with Crippen LogP contribution >= 0.6 is 23.2 Å². The molecule has 0 aliphatic rings. The van der Waals surface area contributed by atoms with Crippen molar-refractivity contribution in [2.24, 2.45) is 0 Å². The summed E-state index contributed by atoms with van der Waals surface area (Å²) in [4.78, 5) is 16.3. The van der Waals surface area contributed by atoms with Crippen molar-refractivity contribution in [3.63, 3.8) is 0 Å².